The summed E-state index contributed by atoms with van der Waals surface area (Å²) in [6.07, 6.45) is 2.19. The number of aliphatic imine (C=N–C) groups is 1. The average Bonchev–Trinajstić information content (AvgIpc) is 1.79. The monoisotopic (exact) mass is 1260 g/mol. The summed E-state index contributed by atoms with van der Waals surface area (Å²) in [7, 11) is -3.89. The van der Waals surface area contributed by atoms with Crippen LogP contribution in [0.5, 0.6) is 0 Å². The quantitative estimate of drug-likeness (QED) is 0.0264. The summed E-state index contributed by atoms with van der Waals surface area (Å²) in [5, 5.41) is 13.8. The van der Waals surface area contributed by atoms with E-state index in [0.29, 0.717) is 84.6 Å². The Kier molecular flexibility index (Phi) is 21.3. The highest BCUT2D eigenvalue weighted by molar-refractivity contribution is 7.89. The summed E-state index contributed by atoms with van der Waals surface area (Å²) in [5.41, 5.74) is 14.2. The number of nitrogens with two attached hydrogens (primary N) is 1. The molecule has 482 valence electrons. The van der Waals surface area contributed by atoms with Gasteiger partial charge in [0.25, 0.3) is 0 Å². The van der Waals surface area contributed by atoms with Crippen LogP contribution in [0, 0.1) is 11.8 Å². The lowest BCUT2D eigenvalue weighted by Gasteiger charge is -2.38. The van der Waals surface area contributed by atoms with Crippen molar-refractivity contribution in [3.8, 4) is 22.3 Å². The van der Waals surface area contributed by atoms with Gasteiger partial charge in [-0.15, -0.1) is 0 Å². The van der Waals surface area contributed by atoms with Gasteiger partial charge in [0.1, 0.15) is 42.8 Å². The first-order valence-corrected chi connectivity index (χ1v) is 32.5. The number of hydrogen-bond donors (Lipinski definition) is 6. The molecule has 3 aliphatic heterocycles. The molecule has 3 heterocycles. The molecule has 5 aromatic rings. The van der Waals surface area contributed by atoms with Gasteiger partial charge in [-0.2, -0.15) is 4.31 Å². The molecule has 0 bridgehead atoms. The molecule has 5 aromatic carbocycles. The van der Waals surface area contributed by atoms with Gasteiger partial charge in [-0.1, -0.05) is 106 Å². The summed E-state index contributed by atoms with van der Waals surface area (Å²) >= 11 is 0. The molecule has 9 rings (SSSR count). The summed E-state index contributed by atoms with van der Waals surface area (Å²) in [4.78, 5) is 101. The third-order valence-corrected chi connectivity index (χ3v) is 18.1. The van der Waals surface area contributed by atoms with Crippen molar-refractivity contribution in [2.45, 2.75) is 122 Å². The molecule has 0 radical (unpaired) electrons. The minimum absolute atomic E-state index is 0.0823. The topological polar surface area (TPSA) is 290 Å². The number of nitrogens with one attached hydrogen (secondary N) is 5. The molecular weight excluding hydrogens is 1180 g/mol. The standard InChI is InChI=1S/C68H82N10O12S/c1-8-30-76(31-15-29-70-66(84)90-68(5,6)7)64(82)49-33-48-26-25-47(35-57(48)74-59(69)36-49)46-16-13-17-51(34-46)91(86,87)77-38-45(39-77)37-71-65(83)88-40-44-23-27-50(28-24-44)73-62(80)60(42(2)3)75-61(79)58-22-14-32-78(58)63(81)43(4)72-67(85)89-41-56-54-20-11-9-18-52(54)53-19-10-12-21-55(53)56/h9-13,16-21,23-28,33-35,42-43,45,56,58,60H,8,14-15,22,29-32,36-41H2,1-7H3,(H2,69,74)(H,70,84)(H,71,83)(H,72,85)(H,73,80)(H,75,79)/t43-,58+,60+/m1/s1. The number of ether oxygens (including phenoxy) is 3. The Morgan fingerprint density at radius 1 is 0.780 bits per heavy atom. The van der Waals surface area contributed by atoms with E-state index < -0.39 is 69.8 Å². The maximum atomic E-state index is 13.9. The van der Waals surface area contributed by atoms with Crippen LogP contribution >= 0.6 is 0 Å². The number of likely N-dealkylation sites (tertiary alicyclic amines) is 1. The Hall–Kier alpha value is -9.09. The molecular formula is C68H82N10O12S. The molecule has 0 spiro atoms. The number of alkyl carbamates (subject to hydrolysis) is 3. The molecule has 91 heavy (non-hydrogen) atoms. The number of carbonyl (C=O) groups excluding carboxylic acids is 7. The SMILES string of the molecule is CCCN(CCCNC(=O)OC(C)(C)C)C(=O)C1=Cc2ccc(-c3cccc(S(=O)(=O)N4CC(CNC(=O)OCc5ccc(NC(=O)[C@@H](NC(=O)[C@@H]6CCCN6C(=O)[C@@H](C)NC(=O)OCC6c7ccccc7-c7ccccc76)C(C)C)cc5)C4)c3)cc2N=C(N)C1. The van der Waals surface area contributed by atoms with Crippen molar-refractivity contribution in [2.75, 3.05) is 57.7 Å². The van der Waals surface area contributed by atoms with E-state index in [-0.39, 0.29) is 73.7 Å². The fraction of sp³-hybridized carbons (Fsp3) is 0.412. The predicted molar refractivity (Wildman–Crippen MR) is 346 cm³/mol. The zero-order chi connectivity index (χ0) is 65.1. The van der Waals surface area contributed by atoms with Crippen molar-refractivity contribution in [1.29, 1.82) is 0 Å². The van der Waals surface area contributed by atoms with Crippen LogP contribution in [0.1, 0.15) is 109 Å². The van der Waals surface area contributed by atoms with Gasteiger partial charge in [0.15, 0.2) is 0 Å². The van der Waals surface area contributed by atoms with E-state index in [1.165, 1.54) is 15.3 Å². The Bertz CT molecular complexity index is 3660. The minimum atomic E-state index is -3.89. The van der Waals surface area contributed by atoms with Gasteiger partial charge in [0.2, 0.25) is 33.7 Å². The van der Waals surface area contributed by atoms with E-state index in [2.05, 4.69) is 31.6 Å². The molecule has 3 atom stereocenters. The zero-order valence-corrected chi connectivity index (χ0v) is 53.4. The van der Waals surface area contributed by atoms with Gasteiger partial charge < -0.3 is 56.3 Å². The Balaban J connectivity index is 0.694. The summed E-state index contributed by atoms with van der Waals surface area (Å²) in [6.45, 7) is 14.6. The van der Waals surface area contributed by atoms with Crippen molar-refractivity contribution in [1.82, 2.24) is 35.4 Å². The lowest BCUT2D eigenvalue weighted by Crippen LogP contribution is -2.56. The Morgan fingerprint density at radius 3 is 2.15 bits per heavy atom. The van der Waals surface area contributed by atoms with Crippen molar-refractivity contribution in [3.63, 3.8) is 0 Å². The number of amides is 7. The van der Waals surface area contributed by atoms with Crippen LogP contribution in [0.4, 0.5) is 25.8 Å². The third kappa shape index (κ3) is 16.7. The van der Waals surface area contributed by atoms with Gasteiger partial charge >= 0.3 is 18.3 Å². The van der Waals surface area contributed by atoms with Crippen LogP contribution in [0.15, 0.2) is 131 Å². The normalized spacial score (nSPS) is 16.3. The van der Waals surface area contributed by atoms with Gasteiger partial charge in [0.05, 0.1) is 10.6 Å². The number of fused-ring (bicyclic) bond motifs is 4. The van der Waals surface area contributed by atoms with Crippen molar-refractivity contribution in [3.05, 3.63) is 143 Å². The lowest BCUT2D eigenvalue weighted by atomic mass is 9.98. The summed E-state index contributed by atoms with van der Waals surface area (Å²) in [6, 6.07) is 32.0. The number of amidine groups is 1. The van der Waals surface area contributed by atoms with Gasteiger partial charge in [-0.25, -0.2) is 27.8 Å². The fourth-order valence-corrected chi connectivity index (χ4v) is 13.3. The molecule has 7 amide bonds. The average molecular weight is 1260 g/mol. The zero-order valence-electron chi connectivity index (χ0n) is 52.6. The first-order chi connectivity index (χ1) is 43.5. The molecule has 0 saturated carbocycles. The number of nitrogens with zero attached hydrogens (tertiary/aromatic N) is 4. The smallest absolute Gasteiger partial charge is 0.407 e. The van der Waals surface area contributed by atoms with E-state index in [9.17, 15) is 42.0 Å². The molecule has 4 aliphatic rings. The maximum absolute atomic E-state index is 13.9. The summed E-state index contributed by atoms with van der Waals surface area (Å²) in [5.74, 6) is -1.94. The summed E-state index contributed by atoms with van der Waals surface area (Å²) < 4.78 is 45.5. The van der Waals surface area contributed by atoms with Gasteiger partial charge in [-0.05, 0) is 135 Å². The Labute approximate surface area is 531 Å². The molecule has 2 saturated heterocycles. The van der Waals surface area contributed by atoms with E-state index in [4.69, 9.17) is 19.9 Å². The van der Waals surface area contributed by atoms with Crippen LogP contribution in [-0.4, -0.2) is 146 Å². The second-order valence-corrected chi connectivity index (χ2v) is 26.7. The second-order valence-electron chi connectivity index (χ2n) is 24.8. The van der Waals surface area contributed by atoms with Gasteiger partial charge in [-0.3, -0.25) is 19.2 Å². The first-order valence-electron chi connectivity index (χ1n) is 31.0. The van der Waals surface area contributed by atoms with Crippen LogP contribution in [0.2, 0.25) is 0 Å². The number of hydrogen-bond acceptors (Lipinski definition) is 14. The molecule has 0 unspecified atom stereocenters. The Morgan fingerprint density at radius 2 is 1.47 bits per heavy atom. The van der Waals surface area contributed by atoms with Crippen LogP contribution in [0.3, 0.4) is 0 Å². The van der Waals surface area contributed by atoms with Crippen molar-refractivity contribution < 1.29 is 56.2 Å². The van der Waals surface area contributed by atoms with Crippen molar-refractivity contribution >= 4 is 75.2 Å². The van der Waals surface area contributed by atoms with Crippen LogP contribution < -0.4 is 32.3 Å². The van der Waals surface area contributed by atoms with Crippen LogP contribution in [-0.2, 0) is 50.0 Å². The highest BCUT2D eigenvalue weighted by Crippen LogP contribution is 2.44. The van der Waals surface area contributed by atoms with E-state index in [1.54, 1.807) is 95.0 Å². The highest BCUT2D eigenvalue weighted by atomic mass is 32.2. The third-order valence-electron chi connectivity index (χ3n) is 16.3. The van der Waals surface area contributed by atoms with Gasteiger partial charge in [0, 0.05) is 80.9 Å². The predicted octanol–water partition coefficient (Wildman–Crippen LogP) is 8.83. The minimum Gasteiger partial charge on any atom is -0.449 e. The van der Waals surface area contributed by atoms with E-state index in [1.807, 2.05) is 73.7 Å². The number of carbonyl (C=O) groups is 7. The molecule has 0 aromatic heterocycles. The van der Waals surface area contributed by atoms with E-state index >= 15 is 0 Å². The number of anilines is 1. The largest absolute Gasteiger partial charge is 0.449 e. The fourth-order valence-electron chi connectivity index (χ4n) is 11.6. The highest BCUT2D eigenvalue weighted by Gasteiger charge is 2.40. The molecule has 2 fully saturated rings. The first kappa shape index (κ1) is 66.3. The lowest BCUT2D eigenvalue weighted by molar-refractivity contribution is -0.140. The van der Waals surface area contributed by atoms with E-state index in [0.717, 1.165) is 28.7 Å². The molecule has 23 heteroatoms. The second kappa shape index (κ2) is 29.2. The van der Waals surface area contributed by atoms with Crippen molar-refractivity contribution in [2.24, 2.45) is 22.6 Å². The number of rotatable bonds is 23. The molecule has 1 aliphatic carbocycles. The number of sulfonamides is 1. The maximum Gasteiger partial charge on any atom is 0.407 e. The number of benzene rings is 5. The molecule has 22 nitrogen and oxygen atoms in total. The molecule has 7 N–H and O–H groups in total. The van der Waals surface area contributed by atoms with Crippen LogP contribution in [0.25, 0.3) is 28.3 Å².